The van der Waals surface area contributed by atoms with Gasteiger partial charge in [-0.3, -0.25) is 0 Å². The highest BCUT2D eigenvalue weighted by Crippen LogP contribution is 2.39. The second-order valence-electron chi connectivity index (χ2n) is 5.80. The Morgan fingerprint density at radius 2 is 1.88 bits per heavy atom. The zero-order chi connectivity index (χ0) is 12.0. The van der Waals surface area contributed by atoms with E-state index in [1.54, 1.807) is 6.92 Å². The third kappa shape index (κ3) is 4.65. The topological polar surface area (TPSA) is 29.1 Å². The van der Waals surface area contributed by atoms with Crippen LogP contribution < -0.4 is 5.32 Å². The number of rotatable bonds is 6. The molecule has 0 aromatic carbocycles. The molecule has 0 atom stereocenters. The lowest BCUT2D eigenvalue weighted by molar-refractivity contribution is -0.117. The van der Waals surface area contributed by atoms with Crippen LogP contribution in [0.3, 0.4) is 0 Å². The van der Waals surface area contributed by atoms with Crippen molar-refractivity contribution in [1.82, 2.24) is 5.32 Å². The van der Waals surface area contributed by atoms with E-state index < -0.39 is 0 Å². The van der Waals surface area contributed by atoms with Crippen LogP contribution in [0.1, 0.15) is 65.7 Å². The summed E-state index contributed by atoms with van der Waals surface area (Å²) in [5.41, 5.74) is 0.411. The summed E-state index contributed by atoms with van der Waals surface area (Å²) in [6.45, 7) is 7.20. The van der Waals surface area contributed by atoms with Crippen LogP contribution in [-0.4, -0.2) is 18.4 Å². The number of nitrogens with one attached hydrogen (secondary N) is 1. The van der Waals surface area contributed by atoms with Gasteiger partial charge in [-0.05, 0) is 31.6 Å². The zero-order valence-electron chi connectivity index (χ0n) is 11.1. The summed E-state index contributed by atoms with van der Waals surface area (Å²) in [4.78, 5) is 11.1. The quantitative estimate of drug-likeness (QED) is 0.751. The molecule has 1 saturated carbocycles. The molecule has 0 unspecified atom stereocenters. The molecule has 0 amide bonds. The third-order valence-corrected chi connectivity index (χ3v) is 3.81. The van der Waals surface area contributed by atoms with Crippen LogP contribution in [0.2, 0.25) is 0 Å². The van der Waals surface area contributed by atoms with Crippen molar-refractivity contribution in [3.63, 3.8) is 0 Å². The second kappa shape index (κ2) is 6.39. The highest BCUT2D eigenvalue weighted by Gasteiger charge is 2.31. The third-order valence-electron chi connectivity index (χ3n) is 3.81. The van der Waals surface area contributed by atoms with E-state index in [9.17, 15) is 4.79 Å². The van der Waals surface area contributed by atoms with E-state index in [0.717, 1.165) is 19.4 Å². The predicted molar refractivity (Wildman–Crippen MR) is 68.6 cm³/mol. The van der Waals surface area contributed by atoms with E-state index in [4.69, 9.17) is 0 Å². The van der Waals surface area contributed by atoms with Gasteiger partial charge in [0.15, 0.2) is 0 Å². The fourth-order valence-corrected chi connectivity index (χ4v) is 2.68. The van der Waals surface area contributed by atoms with Crippen LogP contribution in [0.4, 0.5) is 0 Å². The Kier molecular flexibility index (Phi) is 5.47. The van der Waals surface area contributed by atoms with Crippen LogP contribution in [0.25, 0.3) is 0 Å². The molecule has 0 aromatic heterocycles. The standard InChI is InChI=1S/C14H27NO/c1-12(2)15-11-14(10-7-13(3)16)8-5-4-6-9-14/h12,15H,4-11H2,1-3H3. The van der Waals surface area contributed by atoms with Gasteiger partial charge in [0.1, 0.15) is 5.78 Å². The van der Waals surface area contributed by atoms with Gasteiger partial charge in [-0.15, -0.1) is 0 Å². The molecule has 2 nitrogen and oxygen atoms in total. The molecule has 1 rings (SSSR count). The summed E-state index contributed by atoms with van der Waals surface area (Å²) >= 11 is 0. The van der Waals surface area contributed by atoms with Crippen LogP contribution >= 0.6 is 0 Å². The minimum absolute atomic E-state index is 0.342. The zero-order valence-corrected chi connectivity index (χ0v) is 11.1. The van der Waals surface area contributed by atoms with Crippen LogP contribution in [0, 0.1) is 5.41 Å². The first kappa shape index (κ1) is 13.7. The Bertz CT molecular complexity index is 217. The molecule has 1 fully saturated rings. The van der Waals surface area contributed by atoms with Crippen molar-refractivity contribution in [3.05, 3.63) is 0 Å². The summed E-state index contributed by atoms with van der Waals surface area (Å²) in [7, 11) is 0. The van der Waals surface area contributed by atoms with Gasteiger partial charge in [0.25, 0.3) is 0 Å². The molecule has 1 N–H and O–H groups in total. The van der Waals surface area contributed by atoms with E-state index in [-0.39, 0.29) is 0 Å². The van der Waals surface area contributed by atoms with E-state index >= 15 is 0 Å². The highest BCUT2D eigenvalue weighted by atomic mass is 16.1. The molecule has 0 aliphatic heterocycles. The van der Waals surface area contributed by atoms with Crippen molar-refractivity contribution in [1.29, 1.82) is 0 Å². The lowest BCUT2D eigenvalue weighted by Gasteiger charge is -2.38. The summed E-state index contributed by atoms with van der Waals surface area (Å²) in [6, 6.07) is 0.552. The number of ketones is 1. The van der Waals surface area contributed by atoms with Gasteiger partial charge >= 0.3 is 0 Å². The fourth-order valence-electron chi connectivity index (χ4n) is 2.68. The number of carbonyl (C=O) groups excluding carboxylic acids is 1. The fraction of sp³-hybridized carbons (Fsp3) is 0.929. The van der Waals surface area contributed by atoms with Crippen LogP contribution in [0.15, 0.2) is 0 Å². The Labute approximate surface area is 100 Å². The average Bonchev–Trinajstić information content (AvgIpc) is 2.25. The first-order chi connectivity index (χ1) is 7.54. The predicted octanol–water partition coefficient (Wildman–Crippen LogP) is 3.30. The van der Waals surface area contributed by atoms with E-state index in [2.05, 4.69) is 19.2 Å². The van der Waals surface area contributed by atoms with Gasteiger partial charge in [-0.1, -0.05) is 33.1 Å². The van der Waals surface area contributed by atoms with Crippen molar-refractivity contribution < 1.29 is 4.79 Å². The molecule has 0 spiro atoms. The molecule has 1 aliphatic carbocycles. The summed E-state index contributed by atoms with van der Waals surface area (Å²) in [5.74, 6) is 0.342. The first-order valence-electron chi connectivity index (χ1n) is 6.77. The molecule has 94 valence electrons. The lowest BCUT2D eigenvalue weighted by atomic mass is 9.70. The maximum absolute atomic E-state index is 11.1. The van der Waals surface area contributed by atoms with Gasteiger partial charge in [-0.25, -0.2) is 0 Å². The Morgan fingerprint density at radius 3 is 2.38 bits per heavy atom. The molecule has 0 bridgehead atoms. The van der Waals surface area contributed by atoms with Gasteiger partial charge < -0.3 is 10.1 Å². The minimum Gasteiger partial charge on any atom is -0.314 e. The molecule has 1 aliphatic rings. The molecule has 0 heterocycles. The summed E-state index contributed by atoms with van der Waals surface area (Å²) in [5, 5.41) is 3.57. The van der Waals surface area contributed by atoms with E-state index in [0.29, 0.717) is 17.2 Å². The highest BCUT2D eigenvalue weighted by molar-refractivity contribution is 5.75. The van der Waals surface area contributed by atoms with Gasteiger partial charge in [0.2, 0.25) is 0 Å². The van der Waals surface area contributed by atoms with Gasteiger partial charge in [-0.2, -0.15) is 0 Å². The second-order valence-corrected chi connectivity index (χ2v) is 5.80. The minimum atomic E-state index is 0.342. The van der Waals surface area contributed by atoms with Crippen molar-refractivity contribution in [2.24, 2.45) is 5.41 Å². The monoisotopic (exact) mass is 225 g/mol. The smallest absolute Gasteiger partial charge is 0.129 e. The molecule has 0 aromatic rings. The largest absolute Gasteiger partial charge is 0.314 e. The number of Topliss-reactive ketones (excluding diaryl/α,β-unsaturated/α-hetero) is 1. The molecule has 0 saturated heterocycles. The van der Waals surface area contributed by atoms with Gasteiger partial charge in [0.05, 0.1) is 0 Å². The van der Waals surface area contributed by atoms with Crippen molar-refractivity contribution in [2.45, 2.75) is 71.8 Å². The molecule has 16 heavy (non-hydrogen) atoms. The molecule has 2 heteroatoms. The molecular weight excluding hydrogens is 198 g/mol. The van der Waals surface area contributed by atoms with E-state index in [1.807, 2.05) is 0 Å². The van der Waals surface area contributed by atoms with Gasteiger partial charge in [0, 0.05) is 19.0 Å². The summed E-state index contributed by atoms with van der Waals surface area (Å²) < 4.78 is 0. The number of hydrogen-bond acceptors (Lipinski definition) is 2. The number of hydrogen-bond donors (Lipinski definition) is 1. The Morgan fingerprint density at radius 1 is 1.25 bits per heavy atom. The van der Waals surface area contributed by atoms with Crippen molar-refractivity contribution in [2.75, 3.05) is 6.54 Å². The maximum atomic E-state index is 11.1. The number of carbonyl (C=O) groups is 1. The first-order valence-corrected chi connectivity index (χ1v) is 6.77. The Hall–Kier alpha value is -0.370. The summed E-state index contributed by atoms with van der Waals surface area (Å²) in [6.07, 6.45) is 8.53. The average molecular weight is 225 g/mol. The van der Waals surface area contributed by atoms with E-state index in [1.165, 1.54) is 32.1 Å². The van der Waals surface area contributed by atoms with Crippen LogP contribution in [0.5, 0.6) is 0 Å². The van der Waals surface area contributed by atoms with Crippen molar-refractivity contribution >= 4 is 5.78 Å². The normalized spacial score (nSPS) is 20.0. The lowest BCUT2D eigenvalue weighted by Crippen LogP contribution is -2.39. The molecule has 0 radical (unpaired) electrons. The SMILES string of the molecule is CC(=O)CCC1(CNC(C)C)CCCCC1. The maximum Gasteiger partial charge on any atom is 0.129 e. The van der Waals surface area contributed by atoms with Crippen molar-refractivity contribution in [3.8, 4) is 0 Å². The molecular formula is C14H27NO. The van der Waals surface area contributed by atoms with Crippen LogP contribution in [-0.2, 0) is 4.79 Å². The Balaban J connectivity index is 2.49.